The quantitative estimate of drug-likeness (QED) is 0.811. The topological polar surface area (TPSA) is 64.6 Å². The highest BCUT2D eigenvalue weighted by Gasteiger charge is 2.18. The molecule has 0 radical (unpaired) electrons. The maximum absolute atomic E-state index is 12.0. The van der Waals surface area contributed by atoms with Crippen LogP contribution in [0.2, 0.25) is 5.02 Å². The van der Waals surface area contributed by atoms with Crippen LogP contribution >= 0.6 is 11.6 Å². The van der Waals surface area contributed by atoms with Crippen molar-refractivity contribution in [2.24, 2.45) is 0 Å². The Morgan fingerprint density at radius 2 is 1.92 bits per heavy atom. The van der Waals surface area contributed by atoms with Crippen molar-refractivity contribution in [1.29, 1.82) is 0 Å². The third kappa shape index (κ3) is 5.59. The lowest BCUT2D eigenvalue weighted by atomic mass is 10.2. The zero-order valence-electron chi connectivity index (χ0n) is 13.4. The predicted molar refractivity (Wildman–Crippen MR) is 92.3 cm³/mol. The zero-order valence-corrected chi connectivity index (χ0v) is 14.2. The number of ether oxygens (including phenoxy) is 2. The largest absolute Gasteiger partial charge is 0.482 e. The number of amides is 1. The molecule has 0 saturated heterocycles. The lowest BCUT2D eigenvalue weighted by Gasteiger charge is -2.14. The molecule has 0 spiro atoms. The first kappa shape index (κ1) is 17.8. The van der Waals surface area contributed by atoms with Crippen molar-refractivity contribution in [3.8, 4) is 5.75 Å². The van der Waals surface area contributed by atoms with E-state index in [1.165, 1.54) is 6.92 Å². The van der Waals surface area contributed by atoms with Crippen molar-refractivity contribution in [3.05, 3.63) is 59.1 Å². The Morgan fingerprint density at radius 3 is 2.62 bits per heavy atom. The second kappa shape index (κ2) is 8.36. The van der Waals surface area contributed by atoms with Crippen molar-refractivity contribution in [2.75, 3.05) is 11.9 Å². The molecular formula is C18H18ClNO4. The van der Waals surface area contributed by atoms with Crippen molar-refractivity contribution in [2.45, 2.75) is 20.0 Å². The molecule has 0 aliphatic carbocycles. The van der Waals surface area contributed by atoms with Gasteiger partial charge in [-0.05, 0) is 49.7 Å². The second-order valence-electron chi connectivity index (χ2n) is 5.24. The molecule has 0 aliphatic heterocycles. The molecule has 0 heterocycles. The molecule has 2 aromatic rings. The molecule has 0 aromatic heterocycles. The summed E-state index contributed by atoms with van der Waals surface area (Å²) in [4.78, 5) is 23.8. The summed E-state index contributed by atoms with van der Waals surface area (Å²) in [5.41, 5.74) is 1.67. The number of benzene rings is 2. The van der Waals surface area contributed by atoms with E-state index < -0.39 is 18.0 Å². The molecule has 6 heteroatoms. The molecule has 0 saturated carbocycles. The molecule has 24 heavy (non-hydrogen) atoms. The van der Waals surface area contributed by atoms with Gasteiger partial charge in [-0.15, -0.1) is 0 Å². The van der Waals surface area contributed by atoms with E-state index in [-0.39, 0.29) is 6.61 Å². The van der Waals surface area contributed by atoms with E-state index in [1.54, 1.807) is 30.3 Å². The van der Waals surface area contributed by atoms with Crippen LogP contribution in [-0.2, 0) is 14.3 Å². The molecule has 0 bridgehead atoms. The first-order valence-electron chi connectivity index (χ1n) is 7.39. The number of aryl methyl sites for hydroxylation is 1. The molecular weight excluding hydrogens is 330 g/mol. The molecule has 1 atom stereocenters. The SMILES string of the molecule is Cc1cccc(NC(=O)C(C)OC(=O)COc2cccc(Cl)c2)c1. The normalized spacial score (nSPS) is 11.5. The smallest absolute Gasteiger partial charge is 0.344 e. The van der Waals surface area contributed by atoms with E-state index in [9.17, 15) is 9.59 Å². The maximum atomic E-state index is 12.0. The number of nitrogens with one attached hydrogen (secondary N) is 1. The summed E-state index contributed by atoms with van der Waals surface area (Å²) in [7, 11) is 0. The van der Waals surface area contributed by atoms with Gasteiger partial charge in [0.15, 0.2) is 12.7 Å². The summed E-state index contributed by atoms with van der Waals surface area (Å²) >= 11 is 5.83. The van der Waals surface area contributed by atoms with Crippen LogP contribution in [0.4, 0.5) is 5.69 Å². The summed E-state index contributed by atoms with van der Waals surface area (Å²) < 4.78 is 10.3. The van der Waals surface area contributed by atoms with E-state index in [0.717, 1.165) is 5.56 Å². The Labute approximate surface area is 145 Å². The Morgan fingerprint density at radius 1 is 1.17 bits per heavy atom. The summed E-state index contributed by atoms with van der Waals surface area (Å²) in [5, 5.41) is 3.20. The molecule has 0 fully saturated rings. The van der Waals surface area contributed by atoms with Gasteiger partial charge in [0.25, 0.3) is 5.91 Å². The van der Waals surface area contributed by atoms with Crippen LogP contribution < -0.4 is 10.1 Å². The number of carbonyl (C=O) groups excluding carboxylic acids is 2. The molecule has 126 valence electrons. The van der Waals surface area contributed by atoms with Crippen LogP contribution in [0, 0.1) is 6.92 Å². The highest BCUT2D eigenvalue weighted by Crippen LogP contribution is 2.17. The van der Waals surface area contributed by atoms with E-state index in [2.05, 4.69) is 5.32 Å². The third-order valence-corrected chi connectivity index (χ3v) is 3.35. The number of esters is 1. The van der Waals surface area contributed by atoms with Gasteiger partial charge in [-0.1, -0.05) is 29.8 Å². The van der Waals surface area contributed by atoms with Gasteiger partial charge < -0.3 is 14.8 Å². The van der Waals surface area contributed by atoms with Gasteiger partial charge in [0, 0.05) is 10.7 Å². The van der Waals surface area contributed by atoms with Crippen LogP contribution in [0.1, 0.15) is 12.5 Å². The van der Waals surface area contributed by atoms with Gasteiger partial charge >= 0.3 is 5.97 Å². The average molecular weight is 348 g/mol. The zero-order chi connectivity index (χ0) is 17.5. The highest BCUT2D eigenvalue weighted by molar-refractivity contribution is 6.30. The Bertz CT molecular complexity index is 732. The van der Waals surface area contributed by atoms with Crippen LogP contribution in [0.3, 0.4) is 0 Å². The summed E-state index contributed by atoms with van der Waals surface area (Å²) in [6.07, 6.45) is -0.930. The van der Waals surface area contributed by atoms with Gasteiger partial charge in [-0.25, -0.2) is 4.79 Å². The number of hydrogen-bond donors (Lipinski definition) is 1. The van der Waals surface area contributed by atoms with Crippen LogP contribution in [0.15, 0.2) is 48.5 Å². The average Bonchev–Trinajstić information content (AvgIpc) is 2.53. The van der Waals surface area contributed by atoms with Gasteiger partial charge in [0.1, 0.15) is 5.75 Å². The minimum Gasteiger partial charge on any atom is -0.482 e. The summed E-state index contributed by atoms with van der Waals surface area (Å²) in [5.74, 6) is -0.588. The molecule has 1 amide bonds. The molecule has 2 aromatic carbocycles. The van der Waals surface area contributed by atoms with Crippen LogP contribution in [0.5, 0.6) is 5.75 Å². The fraction of sp³-hybridized carbons (Fsp3) is 0.222. The lowest BCUT2D eigenvalue weighted by molar-refractivity contribution is -0.155. The monoisotopic (exact) mass is 347 g/mol. The van der Waals surface area contributed by atoms with E-state index in [0.29, 0.717) is 16.5 Å². The highest BCUT2D eigenvalue weighted by atomic mass is 35.5. The number of hydrogen-bond acceptors (Lipinski definition) is 4. The van der Waals surface area contributed by atoms with Crippen molar-refractivity contribution < 1.29 is 19.1 Å². The van der Waals surface area contributed by atoms with Gasteiger partial charge in [-0.3, -0.25) is 4.79 Å². The lowest BCUT2D eigenvalue weighted by Crippen LogP contribution is -2.31. The fourth-order valence-corrected chi connectivity index (χ4v) is 2.13. The minimum atomic E-state index is -0.930. The van der Waals surface area contributed by atoms with E-state index in [4.69, 9.17) is 21.1 Å². The number of anilines is 1. The summed E-state index contributed by atoms with van der Waals surface area (Å²) in [6, 6.07) is 14.0. The van der Waals surface area contributed by atoms with Crippen molar-refractivity contribution in [1.82, 2.24) is 0 Å². The second-order valence-corrected chi connectivity index (χ2v) is 5.67. The molecule has 1 unspecified atom stereocenters. The first-order chi connectivity index (χ1) is 11.4. The van der Waals surface area contributed by atoms with Gasteiger partial charge in [0.2, 0.25) is 0 Å². The molecule has 5 nitrogen and oxygen atoms in total. The van der Waals surface area contributed by atoms with Gasteiger partial charge in [-0.2, -0.15) is 0 Å². The van der Waals surface area contributed by atoms with Crippen molar-refractivity contribution in [3.63, 3.8) is 0 Å². The third-order valence-electron chi connectivity index (χ3n) is 3.12. The molecule has 1 N–H and O–H groups in total. The van der Waals surface area contributed by atoms with E-state index >= 15 is 0 Å². The Balaban J connectivity index is 1.81. The molecule has 2 rings (SSSR count). The van der Waals surface area contributed by atoms with E-state index in [1.807, 2.05) is 25.1 Å². The fourth-order valence-electron chi connectivity index (χ4n) is 1.95. The Kier molecular flexibility index (Phi) is 6.21. The van der Waals surface area contributed by atoms with Crippen LogP contribution in [0.25, 0.3) is 0 Å². The Hall–Kier alpha value is -2.53. The summed E-state index contributed by atoms with van der Waals surface area (Å²) in [6.45, 7) is 3.12. The number of rotatable bonds is 6. The molecule has 0 aliphatic rings. The minimum absolute atomic E-state index is 0.303. The van der Waals surface area contributed by atoms with Crippen molar-refractivity contribution >= 4 is 29.2 Å². The number of carbonyl (C=O) groups is 2. The predicted octanol–water partition coefficient (Wildman–Crippen LogP) is 3.60. The van der Waals surface area contributed by atoms with Crippen LogP contribution in [-0.4, -0.2) is 24.6 Å². The standard InChI is InChI=1S/C18H18ClNO4/c1-12-5-3-7-15(9-12)20-18(22)13(2)24-17(21)11-23-16-8-4-6-14(19)10-16/h3-10,13H,11H2,1-2H3,(H,20,22). The van der Waals surface area contributed by atoms with Gasteiger partial charge in [0.05, 0.1) is 0 Å². The first-order valence-corrected chi connectivity index (χ1v) is 7.77. The maximum Gasteiger partial charge on any atom is 0.344 e. The number of halogens is 1.